The molecule has 2 N–H and O–H groups in total. The van der Waals surface area contributed by atoms with E-state index in [1.54, 1.807) is 0 Å². The van der Waals surface area contributed by atoms with Crippen LogP contribution in [0.25, 0.3) is 0 Å². The Kier molecular flexibility index (Phi) is 4.58. The highest BCUT2D eigenvalue weighted by atomic mass is 15.3. The molecule has 4 rings (SSSR count). The molecule has 1 aliphatic carbocycles. The standard InChI is InChI=1S/C20H28N4/c21-9-6-20(7-10-22-11-8-20)24-14-16(15-24)13-23-19-12-18(19)17-4-2-1-3-5-17/h1-5,16,18-19,22-23H,6-8,10-15H2. The third-order valence-corrected chi connectivity index (χ3v) is 6.26. The second-order valence-electron chi connectivity index (χ2n) is 7.85. The number of rotatable bonds is 6. The van der Waals surface area contributed by atoms with E-state index in [1.165, 1.54) is 12.0 Å². The number of hydrogen-bond donors (Lipinski definition) is 2. The molecule has 2 heterocycles. The molecule has 1 aromatic rings. The summed E-state index contributed by atoms with van der Waals surface area (Å²) in [6.07, 6.45) is 4.22. The zero-order chi connectivity index (χ0) is 16.4. The van der Waals surface area contributed by atoms with Crippen molar-refractivity contribution in [2.75, 3.05) is 32.7 Å². The molecule has 0 aromatic heterocycles. The molecule has 0 bridgehead atoms. The summed E-state index contributed by atoms with van der Waals surface area (Å²) < 4.78 is 0. The van der Waals surface area contributed by atoms with Crippen LogP contribution in [0.3, 0.4) is 0 Å². The number of likely N-dealkylation sites (tertiary alicyclic amines) is 1. The molecule has 3 fully saturated rings. The number of benzene rings is 1. The lowest BCUT2D eigenvalue weighted by Crippen LogP contribution is -2.64. The average Bonchev–Trinajstić information content (AvgIpc) is 3.35. The van der Waals surface area contributed by atoms with Gasteiger partial charge >= 0.3 is 0 Å². The van der Waals surface area contributed by atoms with Gasteiger partial charge in [-0.25, -0.2) is 0 Å². The average molecular weight is 324 g/mol. The quantitative estimate of drug-likeness (QED) is 0.841. The molecule has 1 aromatic carbocycles. The summed E-state index contributed by atoms with van der Waals surface area (Å²) in [6, 6.07) is 14.0. The first-order valence-corrected chi connectivity index (χ1v) is 9.42. The van der Waals surface area contributed by atoms with E-state index in [0.717, 1.165) is 57.4 Å². The molecule has 1 saturated carbocycles. The number of nitrogens with one attached hydrogen (secondary N) is 2. The summed E-state index contributed by atoms with van der Waals surface area (Å²) in [5.74, 6) is 1.48. The zero-order valence-corrected chi connectivity index (χ0v) is 14.4. The van der Waals surface area contributed by atoms with Gasteiger partial charge in [-0.3, -0.25) is 4.90 Å². The molecule has 0 spiro atoms. The second kappa shape index (κ2) is 6.84. The van der Waals surface area contributed by atoms with Crippen molar-refractivity contribution in [2.45, 2.75) is 43.2 Å². The largest absolute Gasteiger partial charge is 0.317 e. The van der Waals surface area contributed by atoms with Crippen LogP contribution in [0.1, 0.15) is 37.2 Å². The Labute approximate surface area is 145 Å². The van der Waals surface area contributed by atoms with E-state index >= 15 is 0 Å². The predicted molar refractivity (Wildman–Crippen MR) is 95.7 cm³/mol. The number of nitriles is 1. The van der Waals surface area contributed by atoms with Crippen LogP contribution in [0, 0.1) is 17.2 Å². The van der Waals surface area contributed by atoms with Crippen LogP contribution >= 0.6 is 0 Å². The Morgan fingerprint density at radius 2 is 1.96 bits per heavy atom. The van der Waals surface area contributed by atoms with Gasteiger partial charge in [0.05, 0.1) is 12.5 Å². The predicted octanol–water partition coefficient (Wildman–Crippen LogP) is 2.10. The van der Waals surface area contributed by atoms with E-state index in [4.69, 9.17) is 0 Å². The highest BCUT2D eigenvalue weighted by molar-refractivity contribution is 5.27. The molecular weight excluding hydrogens is 296 g/mol. The Morgan fingerprint density at radius 1 is 1.21 bits per heavy atom. The lowest BCUT2D eigenvalue weighted by atomic mass is 9.79. The number of piperidine rings is 1. The van der Waals surface area contributed by atoms with Crippen molar-refractivity contribution in [3.63, 3.8) is 0 Å². The summed E-state index contributed by atoms with van der Waals surface area (Å²) >= 11 is 0. The number of nitrogens with zero attached hydrogens (tertiary/aromatic N) is 2. The van der Waals surface area contributed by atoms with Crippen molar-refractivity contribution in [3.8, 4) is 6.07 Å². The van der Waals surface area contributed by atoms with E-state index in [-0.39, 0.29) is 5.54 Å². The minimum Gasteiger partial charge on any atom is -0.317 e. The molecule has 2 saturated heterocycles. The van der Waals surface area contributed by atoms with Crippen molar-refractivity contribution in [1.82, 2.24) is 15.5 Å². The van der Waals surface area contributed by atoms with Crippen molar-refractivity contribution < 1.29 is 0 Å². The van der Waals surface area contributed by atoms with Crippen LogP contribution in [-0.2, 0) is 0 Å². The Balaban J connectivity index is 1.22. The molecule has 0 radical (unpaired) electrons. The maximum atomic E-state index is 9.23. The smallest absolute Gasteiger partial charge is 0.0641 e. The third kappa shape index (κ3) is 3.21. The van der Waals surface area contributed by atoms with Gasteiger partial charge in [0.1, 0.15) is 0 Å². The van der Waals surface area contributed by atoms with Gasteiger partial charge in [0.25, 0.3) is 0 Å². The summed E-state index contributed by atoms with van der Waals surface area (Å²) in [4.78, 5) is 2.59. The molecule has 2 aliphatic heterocycles. The summed E-state index contributed by atoms with van der Waals surface area (Å²) in [5.41, 5.74) is 1.63. The van der Waals surface area contributed by atoms with E-state index in [2.05, 4.69) is 51.9 Å². The zero-order valence-electron chi connectivity index (χ0n) is 14.4. The van der Waals surface area contributed by atoms with Crippen LogP contribution in [0.5, 0.6) is 0 Å². The fourth-order valence-corrected chi connectivity index (χ4v) is 4.54. The van der Waals surface area contributed by atoms with Gasteiger partial charge in [0.15, 0.2) is 0 Å². The monoisotopic (exact) mass is 324 g/mol. The number of hydrogen-bond acceptors (Lipinski definition) is 4. The van der Waals surface area contributed by atoms with Crippen LogP contribution in [0.4, 0.5) is 0 Å². The lowest BCUT2D eigenvalue weighted by Gasteiger charge is -2.53. The molecule has 4 heteroatoms. The SMILES string of the molecule is N#CCC1(N2CC(CNC3CC3c3ccccc3)C2)CCNCC1. The Bertz CT molecular complexity index is 581. The lowest BCUT2D eigenvalue weighted by molar-refractivity contribution is -0.0309. The van der Waals surface area contributed by atoms with Gasteiger partial charge in [-0.15, -0.1) is 0 Å². The van der Waals surface area contributed by atoms with Gasteiger partial charge in [0, 0.05) is 37.1 Å². The maximum Gasteiger partial charge on any atom is 0.0641 e. The molecular formula is C20H28N4. The first-order chi connectivity index (χ1) is 11.8. The van der Waals surface area contributed by atoms with Crippen molar-refractivity contribution in [3.05, 3.63) is 35.9 Å². The van der Waals surface area contributed by atoms with Crippen LogP contribution in [0.15, 0.2) is 30.3 Å². The summed E-state index contributed by atoms with van der Waals surface area (Å²) in [5, 5.41) is 16.4. The molecule has 24 heavy (non-hydrogen) atoms. The van der Waals surface area contributed by atoms with Crippen LogP contribution in [-0.4, -0.2) is 49.2 Å². The van der Waals surface area contributed by atoms with Crippen molar-refractivity contribution >= 4 is 0 Å². The minimum atomic E-state index is 0.155. The van der Waals surface area contributed by atoms with E-state index in [0.29, 0.717) is 12.5 Å². The van der Waals surface area contributed by atoms with Crippen molar-refractivity contribution in [1.29, 1.82) is 5.26 Å². The van der Waals surface area contributed by atoms with Gasteiger partial charge in [-0.05, 0) is 43.8 Å². The molecule has 2 atom stereocenters. The third-order valence-electron chi connectivity index (χ3n) is 6.26. The normalized spacial score (nSPS) is 29.6. The van der Waals surface area contributed by atoms with Crippen LogP contribution in [0.2, 0.25) is 0 Å². The molecule has 4 nitrogen and oxygen atoms in total. The topological polar surface area (TPSA) is 51.1 Å². The molecule has 128 valence electrons. The molecule has 2 unspecified atom stereocenters. The second-order valence-corrected chi connectivity index (χ2v) is 7.85. The minimum absolute atomic E-state index is 0.155. The van der Waals surface area contributed by atoms with E-state index < -0.39 is 0 Å². The van der Waals surface area contributed by atoms with Gasteiger partial charge in [-0.2, -0.15) is 5.26 Å². The van der Waals surface area contributed by atoms with Crippen LogP contribution < -0.4 is 10.6 Å². The van der Waals surface area contributed by atoms with Gasteiger partial charge < -0.3 is 10.6 Å². The van der Waals surface area contributed by atoms with E-state index in [1.807, 2.05) is 0 Å². The van der Waals surface area contributed by atoms with E-state index in [9.17, 15) is 5.26 Å². The van der Waals surface area contributed by atoms with Crippen molar-refractivity contribution in [2.24, 2.45) is 5.92 Å². The summed E-state index contributed by atoms with van der Waals surface area (Å²) in [7, 11) is 0. The van der Waals surface area contributed by atoms with Gasteiger partial charge in [0.2, 0.25) is 0 Å². The molecule has 3 aliphatic rings. The highest BCUT2D eigenvalue weighted by Gasteiger charge is 2.45. The maximum absolute atomic E-state index is 9.23. The first kappa shape index (κ1) is 16.1. The molecule has 0 amide bonds. The Morgan fingerprint density at radius 3 is 2.67 bits per heavy atom. The fraction of sp³-hybridized carbons (Fsp3) is 0.650. The van der Waals surface area contributed by atoms with Gasteiger partial charge in [-0.1, -0.05) is 30.3 Å². The Hall–Kier alpha value is -1.41. The summed E-state index contributed by atoms with van der Waals surface area (Å²) in [6.45, 7) is 5.57. The highest BCUT2D eigenvalue weighted by Crippen LogP contribution is 2.41. The first-order valence-electron chi connectivity index (χ1n) is 9.42. The fourth-order valence-electron chi connectivity index (χ4n) is 4.54.